The van der Waals surface area contributed by atoms with Crippen LogP contribution in [0.5, 0.6) is 5.75 Å². The summed E-state index contributed by atoms with van der Waals surface area (Å²) in [4.78, 5) is 21.9. The SMILES string of the molecule is CC(=O)Nc1ccc(OCC(O)C[n+]2cccc(C(=O)O)c2)cc1. The van der Waals surface area contributed by atoms with E-state index in [1.165, 1.54) is 19.2 Å². The van der Waals surface area contributed by atoms with E-state index < -0.39 is 12.1 Å². The minimum absolute atomic E-state index is 0.0593. The molecule has 1 unspecified atom stereocenters. The fourth-order valence-corrected chi connectivity index (χ4v) is 2.09. The Bertz CT molecular complexity index is 715. The van der Waals surface area contributed by atoms with Gasteiger partial charge in [0.1, 0.15) is 24.0 Å². The smallest absolute Gasteiger partial charge is 0.341 e. The van der Waals surface area contributed by atoms with Crippen molar-refractivity contribution in [2.45, 2.75) is 19.6 Å². The van der Waals surface area contributed by atoms with Crippen LogP contribution in [-0.2, 0) is 11.3 Å². The van der Waals surface area contributed by atoms with Gasteiger partial charge in [-0.1, -0.05) is 0 Å². The number of pyridine rings is 1. The van der Waals surface area contributed by atoms with Crippen molar-refractivity contribution in [3.8, 4) is 5.75 Å². The molecule has 0 saturated heterocycles. The number of carbonyl (C=O) groups excluding carboxylic acids is 1. The molecule has 7 heteroatoms. The van der Waals surface area contributed by atoms with Crippen LogP contribution in [0.15, 0.2) is 48.8 Å². The number of amides is 1. The van der Waals surface area contributed by atoms with E-state index in [2.05, 4.69) is 5.32 Å². The molecule has 1 aromatic heterocycles. The normalized spacial score (nSPS) is 11.6. The van der Waals surface area contributed by atoms with E-state index in [-0.39, 0.29) is 24.6 Å². The highest BCUT2D eigenvalue weighted by Crippen LogP contribution is 2.15. The molecule has 2 aromatic rings. The summed E-state index contributed by atoms with van der Waals surface area (Å²) in [7, 11) is 0. The third-order valence-electron chi connectivity index (χ3n) is 3.14. The monoisotopic (exact) mass is 331 g/mol. The molecule has 1 amide bonds. The van der Waals surface area contributed by atoms with Crippen molar-refractivity contribution < 1.29 is 29.1 Å². The Morgan fingerprint density at radius 2 is 1.96 bits per heavy atom. The summed E-state index contributed by atoms with van der Waals surface area (Å²) in [6.07, 6.45) is 2.33. The summed E-state index contributed by atoms with van der Waals surface area (Å²) in [6, 6.07) is 9.88. The molecule has 1 heterocycles. The molecule has 0 saturated carbocycles. The van der Waals surface area contributed by atoms with Crippen LogP contribution in [-0.4, -0.2) is 34.8 Å². The highest BCUT2D eigenvalue weighted by atomic mass is 16.5. The fourth-order valence-electron chi connectivity index (χ4n) is 2.09. The highest BCUT2D eigenvalue weighted by Gasteiger charge is 2.14. The Morgan fingerprint density at radius 1 is 1.25 bits per heavy atom. The number of carboxylic acid groups (broad SMARTS) is 1. The zero-order valence-electron chi connectivity index (χ0n) is 13.2. The summed E-state index contributed by atoms with van der Waals surface area (Å²) in [6.45, 7) is 1.70. The number of aromatic nitrogens is 1. The number of aromatic carboxylic acids is 1. The zero-order valence-corrected chi connectivity index (χ0v) is 13.2. The van der Waals surface area contributed by atoms with Crippen LogP contribution in [0.2, 0.25) is 0 Å². The van der Waals surface area contributed by atoms with E-state index in [0.717, 1.165) is 0 Å². The molecule has 0 bridgehead atoms. The van der Waals surface area contributed by atoms with Gasteiger partial charge in [-0.25, -0.2) is 9.36 Å². The fraction of sp³-hybridized carbons (Fsp3) is 0.235. The number of benzene rings is 1. The van der Waals surface area contributed by atoms with E-state index >= 15 is 0 Å². The molecule has 0 aliphatic carbocycles. The number of carboxylic acids is 1. The number of nitrogens with one attached hydrogen (secondary N) is 1. The van der Waals surface area contributed by atoms with Crippen molar-refractivity contribution >= 4 is 17.6 Å². The summed E-state index contributed by atoms with van der Waals surface area (Å²) in [5, 5.41) is 21.6. The third-order valence-corrected chi connectivity index (χ3v) is 3.14. The first-order chi connectivity index (χ1) is 11.4. The van der Waals surface area contributed by atoms with E-state index in [1.54, 1.807) is 41.1 Å². The highest BCUT2D eigenvalue weighted by molar-refractivity contribution is 5.88. The lowest BCUT2D eigenvalue weighted by molar-refractivity contribution is -0.703. The molecular formula is C17H19N2O5+. The summed E-state index contributed by atoms with van der Waals surface area (Å²) >= 11 is 0. The van der Waals surface area contributed by atoms with Gasteiger partial charge in [0.05, 0.1) is 0 Å². The predicted octanol–water partition coefficient (Wildman–Crippen LogP) is 1.07. The van der Waals surface area contributed by atoms with E-state index in [4.69, 9.17) is 9.84 Å². The lowest BCUT2D eigenvalue weighted by Gasteiger charge is -2.11. The van der Waals surface area contributed by atoms with Gasteiger partial charge in [0.25, 0.3) is 0 Å². The van der Waals surface area contributed by atoms with E-state index in [9.17, 15) is 14.7 Å². The van der Waals surface area contributed by atoms with Crippen molar-refractivity contribution in [2.75, 3.05) is 11.9 Å². The first kappa shape index (κ1) is 17.4. The van der Waals surface area contributed by atoms with Crippen LogP contribution in [0.25, 0.3) is 0 Å². The lowest BCUT2D eigenvalue weighted by atomic mass is 10.2. The number of ether oxygens (including phenoxy) is 1. The summed E-state index contributed by atoms with van der Waals surface area (Å²) < 4.78 is 7.08. The molecule has 1 aromatic carbocycles. The predicted molar refractivity (Wildman–Crippen MR) is 85.8 cm³/mol. The number of aliphatic hydroxyl groups excluding tert-OH is 1. The van der Waals surface area contributed by atoms with Crippen LogP contribution in [0.1, 0.15) is 17.3 Å². The Hall–Kier alpha value is -2.93. The standard InChI is InChI=1S/C17H18N2O5/c1-12(20)18-14-4-6-16(7-5-14)24-11-15(21)10-19-8-2-3-13(9-19)17(22)23/h2-9,15,21H,10-11H2,1H3,(H-,18,20,22,23)/p+1. The van der Waals surface area contributed by atoms with E-state index in [0.29, 0.717) is 11.4 Å². The molecule has 1 atom stereocenters. The Morgan fingerprint density at radius 3 is 2.58 bits per heavy atom. The average molecular weight is 331 g/mol. The second-order valence-electron chi connectivity index (χ2n) is 5.26. The maximum atomic E-state index is 10.9. The van der Waals surface area contributed by atoms with Gasteiger partial charge in [0.15, 0.2) is 18.9 Å². The van der Waals surface area contributed by atoms with Gasteiger partial charge in [-0.3, -0.25) is 4.79 Å². The maximum absolute atomic E-state index is 10.9. The third kappa shape index (κ3) is 5.36. The number of hydrogen-bond donors (Lipinski definition) is 3. The number of rotatable bonds is 7. The van der Waals surface area contributed by atoms with Gasteiger partial charge >= 0.3 is 5.97 Å². The number of nitrogens with zero attached hydrogens (tertiary/aromatic N) is 1. The first-order valence-corrected chi connectivity index (χ1v) is 7.35. The second-order valence-corrected chi connectivity index (χ2v) is 5.26. The number of anilines is 1. The van der Waals surface area contributed by atoms with Crippen molar-refractivity contribution in [3.63, 3.8) is 0 Å². The molecule has 7 nitrogen and oxygen atoms in total. The molecule has 3 N–H and O–H groups in total. The molecule has 24 heavy (non-hydrogen) atoms. The maximum Gasteiger partial charge on any atom is 0.341 e. The van der Waals surface area contributed by atoms with Crippen LogP contribution in [0, 0.1) is 0 Å². The zero-order chi connectivity index (χ0) is 17.5. The van der Waals surface area contributed by atoms with Gasteiger partial charge in [-0.05, 0) is 30.3 Å². The van der Waals surface area contributed by atoms with Crippen LogP contribution in [0.3, 0.4) is 0 Å². The molecule has 0 fully saturated rings. The van der Waals surface area contributed by atoms with Crippen molar-refractivity contribution in [2.24, 2.45) is 0 Å². The molecule has 0 radical (unpaired) electrons. The van der Waals surface area contributed by atoms with Crippen molar-refractivity contribution in [1.82, 2.24) is 0 Å². The number of hydrogen-bond acceptors (Lipinski definition) is 4. The van der Waals surface area contributed by atoms with Crippen molar-refractivity contribution in [1.29, 1.82) is 0 Å². The van der Waals surface area contributed by atoms with Gasteiger partial charge in [-0.2, -0.15) is 0 Å². The van der Waals surface area contributed by atoms with Crippen LogP contribution < -0.4 is 14.6 Å². The molecule has 0 spiro atoms. The van der Waals surface area contributed by atoms with Gasteiger partial charge in [0, 0.05) is 18.7 Å². The minimum Gasteiger partial charge on any atom is -0.491 e. The summed E-state index contributed by atoms with van der Waals surface area (Å²) in [5.41, 5.74) is 0.815. The molecule has 126 valence electrons. The van der Waals surface area contributed by atoms with Gasteiger partial charge in [0.2, 0.25) is 5.91 Å². The largest absolute Gasteiger partial charge is 0.491 e. The molecule has 0 aliphatic rings. The Labute approximate surface area is 139 Å². The topological polar surface area (TPSA) is 99.7 Å². The van der Waals surface area contributed by atoms with Crippen LogP contribution >= 0.6 is 0 Å². The molecular weight excluding hydrogens is 312 g/mol. The van der Waals surface area contributed by atoms with Crippen LogP contribution in [0.4, 0.5) is 5.69 Å². The van der Waals surface area contributed by atoms with Crippen molar-refractivity contribution in [3.05, 3.63) is 54.4 Å². The van der Waals surface area contributed by atoms with E-state index in [1.807, 2.05) is 0 Å². The quantitative estimate of drug-likeness (QED) is 0.659. The summed E-state index contributed by atoms with van der Waals surface area (Å²) in [5.74, 6) is -0.610. The number of aliphatic hydroxyl groups is 1. The molecule has 0 aliphatic heterocycles. The second kappa shape index (κ2) is 8.07. The number of carbonyl (C=O) groups is 2. The molecule has 2 rings (SSSR count). The first-order valence-electron chi connectivity index (χ1n) is 7.35. The Kier molecular flexibility index (Phi) is 5.86. The average Bonchev–Trinajstić information content (AvgIpc) is 2.54. The van der Waals surface area contributed by atoms with Gasteiger partial charge < -0.3 is 20.3 Å². The van der Waals surface area contributed by atoms with Gasteiger partial charge in [-0.15, -0.1) is 0 Å². The Balaban J connectivity index is 1.86. The minimum atomic E-state index is -1.02. The lowest BCUT2D eigenvalue weighted by Crippen LogP contribution is -2.42.